The number of halogens is 1. The second-order valence-electron chi connectivity index (χ2n) is 4.86. The van der Waals surface area contributed by atoms with E-state index in [9.17, 15) is 9.18 Å². The summed E-state index contributed by atoms with van der Waals surface area (Å²) in [6.45, 7) is 1.87. The quantitative estimate of drug-likeness (QED) is 0.830. The molecule has 1 aliphatic rings. The maximum absolute atomic E-state index is 13.4. The molecule has 18 heavy (non-hydrogen) atoms. The summed E-state index contributed by atoms with van der Waals surface area (Å²) >= 11 is 0. The number of benzene rings is 1. The van der Waals surface area contributed by atoms with E-state index in [0.29, 0.717) is 5.52 Å². The second-order valence-corrected chi connectivity index (χ2v) is 4.86. The van der Waals surface area contributed by atoms with Crippen molar-refractivity contribution in [1.82, 2.24) is 14.9 Å². The van der Waals surface area contributed by atoms with Gasteiger partial charge in [0.15, 0.2) is 0 Å². The molecule has 94 valence electrons. The Hall–Kier alpha value is -1.75. The second kappa shape index (κ2) is 4.17. The van der Waals surface area contributed by atoms with E-state index in [1.54, 1.807) is 6.07 Å². The molecular formula is C13H14FN3O. The Morgan fingerprint density at radius 1 is 1.50 bits per heavy atom. The van der Waals surface area contributed by atoms with Crippen molar-refractivity contribution in [2.24, 2.45) is 0 Å². The number of fused-ring (bicyclic) bond motifs is 1. The molecular weight excluding hydrogens is 233 g/mol. The molecule has 0 saturated carbocycles. The Balaban J connectivity index is 2.20. The van der Waals surface area contributed by atoms with Crippen LogP contribution in [0.3, 0.4) is 0 Å². The largest absolute Gasteiger partial charge is 0.345 e. The van der Waals surface area contributed by atoms with Crippen LogP contribution in [0, 0.1) is 5.82 Å². The van der Waals surface area contributed by atoms with Gasteiger partial charge >= 0.3 is 5.69 Å². The number of H-pyrrole nitrogens is 1. The third kappa shape index (κ3) is 1.90. The lowest BCUT2D eigenvalue weighted by Gasteiger charge is -2.12. The predicted molar refractivity (Wildman–Crippen MR) is 67.2 cm³/mol. The van der Waals surface area contributed by atoms with E-state index in [0.717, 1.165) is 30.6 Å². The maximum atomic E-state index is 13.4. The molecule has 1 aliphatic heterocycles. The van der Waals surface area contributed by atoms with E-state index in [-0.39, 0.29) is 17.4 Å². The SMILES string of the molecule is CN1CCC(c2[nH]c(=O)nc3ccc(F)cc23)C1. The van der Waals surface area contributed by atoms with Crippen LogP contribution in [0.25, 0.3) is 10.9 Å². The van der Waals surface area contributed by atoms with Gasteiger partial charge in [-0.15, -0.1) is 0 Å². The van der Waals surface area contributed by atoms with Gasteiger partial charge in [-0.2, -0.15) is 4.98 Å². The molecule has 0 amide bonds. The van der Waals surface area contributed by atoms with Crippen molar-refractivity contribution in [3.63, 3.8) is 0 Å². The van der Waals surface area contributed by atoms with Crippen molar-refractivity contribution >= 4 is 10.9 Å². The third-order valence-electron chi connectivity index (χ3n) is 3.51. The topological polar surface area (TPSA) is 49.0 Å². The Morgan fingerprint density at radius 2 is 2.33 bits per heavy atom. The maximum Gasteiger partial charge on any atom is 0.345 e. The summed E-state index contributed by atoms with van der Waals surface area (Å²) in [4.78, 5) is 20.4. The van der Waals surface area contributed by atoms with Crippen LogP contribution in [0.1, 0.15) is 18.0 Å². The normalized spacial score (nSPS) is 20.7. The van der Waals surface area contributed by atoms with Crippen molar-refractivity contribution in [2.75, 3.05) is 20.1 Å². The predicted octanol–water partition coefficient (Wildman–Crippen LogP) is 1.48. The summed E-state index contributed by atoms with van der Waals surface area (Å²) in [5.41, 5.74) is 1.01. The van der Waals surface area contributed by atoms with E-state index in [1.807, 2.05) is 7.05 Å². The van der Waals surface area contributed by atoms with Gasteiger partial charge in [-0.3, -0.25) is 0 Å². The zero-order valence-corrected chi connectivity index (χ0v) is 10.1. The first-order chi connectivity index (χ1) is 8.63. The summed E-state index contributed by atoms with van der Waals surface area (Å²) in [6.07, 6.45) is 0.974. The van der Waals surface area contributed by atoms with E-state index in [4.69, 9.17) is 0 Å². The number of likely N-dealkylation sites (N-methyl/N-ethyl adjacent to an activating group) is 1. The number of nitrogens with zero attached hydrogens (tertiary/aromatic N) is 2. The first kappa shape index (κ1) is 11.3. The number of aromatic nitrogens is 2. The first-order valence-electron chi connectivity index (χ1n) is 6.01. The minimum absolute atomic E-state index is 0.245. The van der Waals surface area contributed by atoms with Crippen LogP contribution in [-0.4, -0.2) is 35.0 Å². The Morgan fingerprint density at radius 3 is 3.06 bits per heavy atom. The van der Waals surface area contributed by atoms with Gasteiger partial charge in [-0.05, 0) is 38.2 Å². The molecule has 1 aromatic carbocycles. The highest BCUT2D eigenvalue weighted by Crippen LogP contribution is 2.29. The summed E-state index contributed by atoms with van der Waals surface area (Å²) in [5.74, 6) is -0.0565. The molecule has 1 N–H and O–H groups in total. The van der Waals surface area contributed by atoms with Gasteiger partial charge in [-0.25, -0.2) is 9.18 Å². The lowest BCUT2D eigenvalue weighted by molar-refractivity contribution is 0.411. The van der Waals surface area contributed by atoms with Crippen LogP contribution in [-0.2, 0) is 0 Å². The van der Waals surface area contributed by atoms with Gasteiger partial charge in [0.25, 0.3) is 0 Å². The lowest BCUT2D eigenvalue weighted by Crippen LogP contribution is -2.18. The molecule has 0 spiro atoms. The van der Waals surface area contributed by atoms with Crippen molar-refractivity contribution in [3.8, 4) is 0 Å². The molecule has 1 aromatic heterocycles. The van der Waals surface area contributed by atoms with Gasteiger partial charge < -0.3 is 9.88 Å². The van der Waals surface area contributed by atoms with E-state index in [2.05, 4.69) is 14.9 Å². The van der Waals surface area contributed by atoms with Crippen LogP contribution < -0.4 is 5.69 Å². The average molecular weight is 247 g/mol. The molecule has 0 bridgehead atoms. The minimum Gasteiger partial charge on any atom is -0.309 e. The fourth-order valence-corrected chi connectivity index (χ4v) is 2.63. The van der Waals surface area contributed by atoms with Crippen molar-refractivity contribution in [3.05, 3.63) is 40.2 Å². The van der Waals surface area contributed by atoms with Crippen molar-refractivity contribution in [1.29, 1.82) is 0 Å². The highest BCUT2D eigenvalue weighted by atomic mass is 19.1. The number of likely N-dealkylation sites (tertiary alicyclic amines) is 1. The van der Waals surface area contributed by atoms with E-state index >= 15 is 0 Å². The summed E-state index contributed by atoms with van der Waals surface area (Å²) in [7, 11) is 2.04. The molecule has 3 rings (SSSR count). The van der Waals surface area contributed by atoms with Gasteiger partial charge in [0, 0.05) is 23.5 Å². The fourth-order valence-electron chi connectivity index (χ4n) is 2.63. The van der Waals surface area contributed by atoms with Gasteiger partial charge in [0.1, 0.15) is 5.82 Å². The van der Waals surface area contributed by atoms with Crippen LogP contribution in [0.4, 0.5) is 4.39 Å². The lowest BCUT2D eigenvalue weighted by atomic mass is 10.00. The van der Waals surface area contributed by atoms with Gasteiger partial charge in [0.05, 0.1) is 5.52 Å². The van der Waals surface area contributed by atoms with Crippen molar-refractivity contribution in [2.45, 2.75) is 12.3 Å². The monoisotopic (exact) mass is 247 g/mol. The number of rotatable bonds is 1. The Labute approximate surface area is 103 Å². The number of hydrogen-bond donors (Lipinski definition) is 1. The molecule has 2 aromatic rings. The number of hydrogen-bond acceptors (Lipinski definition) is 3. The van der Waals surface area contributed by atoms with E-state index < -0.39 is 0 Å². The van der Waals surface area contributed by atoms with Crippen LogP contribution in [0.15, 0.2) is 23.0 Å². The molecule has 0 radical (unpaired) electrons. The van der Waals surface area contributed by atoms with Crippen molar-refractivity contribution < 1.29 is 4.39 Å². The Bertz CT molecular complexity index is 652. The summed E-state index contributed by atoms with van der Waals surface area (Å²) < 4.78 is 13.4. The highest BCUT2D eigenvalue weighted by molar-refractivity contribution is 5.81. The molecule has 0 aliphatic carbocycles. The minimum atomic E-state index is -0.362. The number of nitrogens with one attached hydrogen (secondary N) is 1. The van der Waals surface area contributed by atoms with Crippen LogP contribution in [0.5, 0.6) is 0 Å². The zero-order valence-electron chi connectivity index (χ0n) is 10.1. The molecule has 1 unspecified atom stereocenters. The summed E-state index contributed by atoms with van der Waals surface area (Å²) in [6, 6.07) is 4.34. The average Bonchev–Trinajstić information content (AvgIpc) is 2.75. The molecule has 5 heteroatoms. The van der Waals surface area contributed by atoms with Crippen LogP contribution >= 0.6 is 0 Å². The molecule has 2 heterocycles. The smallest absolute Gasteiger partial charge is 0.309 e. The highest BCUT2D eigenvalue weighted by Gasteiger charge is 2.24. The Kier molecular flexibility index (Phi) is 2.63. The summed E-state index contributed by atoms with van der Waals surface area (Å²) in [5, 5.41) is 0.718. The standard InChI is InChI=1S/C13H14FN3O/c1-17-5-4-8(7-17)12-10-6-9(14)2-3-11(10)15-13(18)16-12/h2-3,6,8H,4-5,7H2,1H3,(H,15,16,18). The molecule has 1 atom stereocenters. The van der Waals surface area contributed by atoms with E-state index in [1.165, 1.54) is 12.1 Å². The fraction of sp³-hybridized carbons (Fsp3) is 0.385. The molecule has 1 fully saturated rings. The third-order valence-corrected chi connectivity index (χ3v) is 3.51. The zero-order chi connectivity index (χ0) is 12.7. The first-order valence-corrected chi connectivity index (χ1v) is 6.01. The number of aromatic amines is 1. The van der Waals surface area contributed by atoms with Gasteiger partial charge in [-0.1, -0.05) is 0 Å². The molecule has 4 nitrogen and oxygen atoms in total. The van der Waals surface area contributed by atoms with Crippen LogP contribution in [0.2, 0.25) is 0 Å². The molecule has 1 saturated heterocycles. The van der Waals surface area contributed by atoms with Gasteiger partial charge in [0.2, 0.25) is 0 Å².